The second-order valence-corrected chi connectivity index (χ2v) is 9.33. The quantitative estimate of drug-likeness (QED) is 0.642. The SMILES string of the molecule is Cc1ccc(Sc2ccc(NS(=O)(=O)c3cc(C(N)=O)n(C)c3)cc2)c(C)c1. The largest absolute Gasteiger partial charge is 0.364 e. The maximum Gasteiger partial charge on any atom is 0.265 e. The first kappa shape index (κ1) is 20.0. The first-order valence-electron chi connectivity index (χ1n) is 8.50. The molecule has 0 radical (unpaired) electrons. The molecule has 0 aliphatic rings. The fourth-order valence-corrected chi connectivity index (χ4v) is 4.78. The number of benzene rings is 2. The third kappa shape index (κ3) is 4.40. The van der Waals surface area contributed by atoms with E-state index in [1.807, 2.05) is 12.1 Å². The van der Waals surface area contributed by atoms with Crippen molar-refractivity contribution in [2.45, 2.75) is 28.5 Å². The van der Waals surface area contributed by atoms with E-state index in [0.29, 0.717) is 5.69 Å². The maximum atomic E-state index is 12.6. The van der Waals surface area contributed by atoms with Crippen LogP contribution in [0.15, 0.2) is 69.4 Å². The van der Waals surface area contributed by atoms with Gasteiger partial charge in [0.25, 0.3) is 15.9 Å². The zero-order valence-electron chi connectivity index (χ0n) is 15.8. The van der Waals surface area contributed by atoms with Crippen molar-refractivity contribution < 1.29 is 13.2 Å². The monoisotopic (exact) mass is 415 g/mol. The van der Waals surface area contributed by atoms with E-state index in [-0.39, 0.29) is 10.6 Å². The highest BCUT2D eigenvalue weighted by Gasteiger charge is 2.19. The van der Waals surface area contributed by atoms with E-state index < -0.39 is 15.9 Å². The third-order valence-electron chi connectivity index (χ3n) is 4.21. The molecule has 0 unspecified atom stereocenters. The summed E-state index contributed by atoms with van der Waals surface area (Å²) in [6.07, 6.45) is 1.35. The minimum absolute atomic E-state index is 0.0162. The highest BCUT2D eigenvalue weighted by Crippen LogP contribution is 2.31. The molecular weight excluding hydrogens is 394 g/mol. The summed E-state index contributed by atoms with van der Waals surface area (Å²) in [5.41, 5.74) is 8.22. The number of sulfonamides is 1. The Kier molecular flexibility index (Phi) is 5.53. The molecule has 0 aliphatic heterocycles. The number of hydrogen-bond donors (Lipinski definition) is 2. The molecule has 1 amide bonds. The number of carbonyl (C=O) groups is 1. The Morgan fingerprint density at radius 1 is 1.07 bits per heavy atom. The van der Waals surface area contributed by atoms with Crippen molar-refractivity contribution in [3.8, 4) is 0 Å². The lowest BCUT2D eigenvalue weighted by Crippen LogP contribution is -2.14. The smallest absolute Gasteiger partial charge is 0.265 e. The summed E-state index contributed by atoms with van der Waals surface area (Å²) < 4.78 is 29.0. The number of primary amides is 1. The van der Waals surface area contributed by atoms with Crippen LogP contribution in [-0.4, -0.2) is 18.9 Å². The Balaban J connectivity index is 1.76. The van der Waals surface area contributed by atoms with Crippen LogP contribution in [-0.2, 0) is 17.1 Å². The second-order valence-electron chi connectivity index (χ2n) is 6.54. The van der Waals surface area contributed by atoms with E-state index in [0.717, 1.165) is 9.79 Å². The predicted octanol–water partition coefficient (Wildman–Crippen LogP) is 3.69. The van der Waals surface area contributed by atoms with Gasteiger partial charge in [0.15, 0.2) is 0 Å². The summed E-state index contributed by atoms with van der Waals surface area (Å²) in [5.74, 6) is -0.684. The molecule has 2 aromatic carbocycles. The first-order valence-corrected chi connectivity index (χ1v) is 10.8. The second kappa shape index (κ2) is 7.73. The minimum Gasteiger partial charge on any atom is -0.364 e. The number of hydrogen-bond acceptors (Lipinski definition) is 4. The molecule has 0 atom stereocenters. The summed E-state index contributed by atoms with van der Waals surface area (Å²) in [6.45, 7) is 4.12. The molecule has 3 N–H and O–H groups in total. The van der Waals surface area contributed by atoms with E-state index in [9.17, 15) is 13.2 Å². The lowest BCUT2D eigenvalue weighted by atomic mass is 10.2. The lowest BCUT2D eigenvalue weighted by molar-refractivity contribution is 0.0992. The van der Waals surface area contributed by atoms with E-state index in [1.165, 1.54) is 28.0 Å². The van der Waals surface area contributed by atoms with E-state index >= 15 is 0 Å². The Morgan fingerprint density at radius 2 is 1.75 bits per heavy atom. The van der Waals surface area contributed by atoms with Gasteiger partial charge in [-0.15, -0.1) is 0 Å². The van der Waals surface area contributed by atoms with Gasteiger partial charge in [-0.2, -0.15) is 0 Å². The van der Waals surface area contributed by atoms with Crippen molar-refractivity contribution in [1.82, 2.24) is 4.57 Å². The van der Waals surface area contributed by atoms with Gasteiger partial charge in [0.2, 0.25) is 0 Å². The number of nitrogens with two attached hydrogens (primary N) is 1. The molecule has 1 heterocycles. The normalized spacial score (nSPS) is 11.4. The van der Waals surface area contributed by atoms with Gasteiger partial charge < -0.3 is 10.3 Å². The van der Waals surface area contributed by atoms with Crippen LogP contribution in [0.4, 0.5) is 5.69 Å². The van der Waals surface area contributed by atoms with Crippen molar-refractivity contribution in [2.75, 3.05) is 4.72 Å². The Labute approximate surface area is 168 Å². The molecule has 28 heavy (non-hydrogen) atoms. The molecule has 0 bridgehead atoms. The molecular formula is C20H21N3O3S2. The molecule has 0 saturated heterocycles. The molecule has 146 valence electrons. The van der Waals surface area contributed by atoms with Gasteiger partial charge in [-0.25, -0.2) is 8.42 Å². The number of nitrogens with zero attached hydrogens (tertiary/aromatic N) is 1. The minimum atomic E-state index is -3.82. The lowest BCUT2D eigenvalue weighted by Gasteiger charge is -2.09. The summed E-state index contributed by atoms with van der Waals surface area (Å²) in [4.78, 5) is 13.5. The van der Waals surface area contributed by atoms with Crippen molar-refractivity contribution in [3.05, 3.63) is 71.5 Å². The zero-order valence-corrected chi connectivity index (χ0v) is 17.4. The Morgan fingerprint density at radius 3 is 2.32 bits per heavy atom. The van der Waals surface area contributed by atoms with Gasteiger partial charge in [0, 0.05) is 28.7 Å². The van der Waals surface area contributed by atoms with E-state index in [2.05, 4.69) is 36.8 Å². The molecule has 3 aromatic rings. The third-order valence-corrected chi connectivity index (χ3v) is 6.74. The average molecular weight is 416 g/mol. The van der Waals surface area contributed by atoms with Crippen molar-refractivity contribution in [2.24, 2.45) is 12.8 Å². The highest BCUT2D eigenvalue weighted by atomic mass is 32.2. The summed E-state index contributed by atoms with van der Waals surface area (Å²) >= 11 is 1.62. The fraction of sp³-hybridized carbons (Fsp3) is 0.150. The van der Waals surface area contributed by atoms with Gasteiger partial charge in [0.05, 0.1) is 0 Å². The molecule has 0 spiro atoms. The summed E-state index contributed by atoms with van der Waals surface area (Å²) in [7, 11) is -2.25. The average Bonchev–Trinajstić information content (AvgIpc) is 3.02. The number of rotatable bonds is 6. The standard InChI is InChI=1S/C20H21N3O3S2/c1-13-4-9-19(14(2)10-13)27-16-7-5-15(6-8-16)22-28(25,26)17-11-18(20(21)24)23(3)12-17/h4-12,22H,1-3H3,(H2,21,24). The first-order chi connectivity index (χ1) is 13.2. The van der Waals surface area contributed by atoms with Crippen LogP contribution in [0.3, 0.4) is 0 Å². The van der Waals surface area contributed by atoms with Crippen LogP contribution in [0.5, 0.6) is 0 Å². The van der Waals surface area contributed by atoms with Crippen molar-refractivity contribution >= 4 is 33.4 Å². The van der Waals surface area contributed by atoms with Crippen LogP contribution >= 0.6 is 11.8 Å². The van der Waals surface area contributed by atoms with Crippen molar-refractivity contribution in [3.63, 3.8) is 0 Å². The van der Waals surface area contributed by atoms with Gasteiger partial charge in [-0.1, -0.05) is 29.5 Å². The van der Waals surface area contributed by atoms with Gasteiger partial charge >= 0.3 is 0 Å². The number of carbonyl (C=O) groups excluding carboxylic acids is 1. The van der Waals surface area contributed by atoms with Crippen LogP contribution in [0.25, 0.3) is 0 Å². The van der Waals surface area contributed by atoms with Crippen molar-refractivity contribution in [1.29, 1.82) is 0 Å². The van der Waals surface area contributed by atoms with Gasteiger partial charge in [-0.05, 0) is 55.8 Å². The van der Waals surface area contributed by atoms with Crippen LogP contribution in [0.1, 0.15) is 21.6 Å². The van der Waals surface area contributed by atoms with E-state index in [4.69, 9.17) is 5.73 Å². The van der Waals surface area contributed by atoms with E-state index in [1.54, 1.807) is 30.9 Å². The summed E-state index contributed by atoms with van der Waals surface area (Å²) in [6, 6.07) is 14.7. The molecule has 6 nitrogen and oxygen atoms in total. The maximum absolute atomic E-state index is 12.6. The fourth-order valence-electron chi connectivity index (χ4n) is 2.77. The van der Waals surface area contributed by atoms with Crippen LogP contribution in [0, 0.1) is 13.8 Å². The number of aryl methyl sites for hydroxylation is 3. The topological polar surface area (TPSA) is 94.2 Å². The Bertz CT molecular complexity index is 1130. The highest BCUT2D eigenvalue weighted by molar-refractivity contribution is 7.99. The van der Waals surface area contributed by atoms with Gasteiger partial charge in [0.1, 0.15) is 10.6 Å². The number of anilines is 1. The molecule has 8 heteroatoms. The number of nitrogens with one attached hydrogen (secondary N) is 1. The van der Waals surface area contributed by atoms with Crippen LogP contribution in [0.2, 0.25) is 0 Å². The zero-order chi connectivity index (χ0) is 20.5. The molecule has 0 aliphatic carbocycles. The number of aromatic nitrogens is 1. The molecule has 3 rings (SSSR count). The molecule has 0 saturated carbocycles. The molecule has 1 aromatic heterocycles. The predicted molar refractivity (Wildman–Crippen MR) is 111 cm³/mol. The summed E-state index contributed by atoms with van der Waals surface area (Å²) in [5, 5.41) is 0. The van der Waals surface area contributed by atoms with Crippen LogP contribution < -0.4 is 10.5 Å². The van der Waals surface area contributed by atoms with Gasteiger partial charge in [-0.3, -0.25) is 9.52 Å². The Hall–Kier alpha value is -2.71. The number of amides is 1. The molecule has 0 fully saturated rings.